The van der Waals surface area contributed by atoms with Gasteiger partial charge in [0.25, 0.3) is 5.91 Å². The van der Waals surface area contributed by atoms with Crippen LogP contribution in [-0.4, -0.2) is 32.0 Å². The van der Waals surface area contributed by atoms with E-state index in [2.05, 4.69) is 26.6 Å². The van der Waals surface area contributed by atoms with E-state index >= 15 is 0 Å². The van der Waals surface area contributed by atoms with Crippen molar-refractivity contribution in [3.63, 3.8) is 0 Å². The number of carbonyl (C=O) groups excluding carboxylic acids is 2. The summed E-state index contributed by atoms with van der Waals surface area (Å²) in [5.41, 5.74) is 0.512. The highest BCUT2D eigenvalue weighted by Crippen LogP contribution is 2.28. The summed E-state index contributed by atoms with van der Waals surface area (Å²) >= 11 is 3.33. The number of hydrogen-bond acceptors (Lipinski definition) is 3. The van der Waals surface area contributed by atoms with Crippen LogP contribution in [0.1, 0.15) is 23.2 Å². The lowest BCUT2D eigenvalue weighted by Gasteiger charge is -2.09. The van der Waals surface area contributed by atoms with Crippen molar-refractivity contribution in [3.8, 4) is 5.75 Å². The number of ether oxygens (including phenoxy) is 1. The molecule has 0 radical (unpaired) electrons. The van der Waals surface area contributed by atoms with Crippen molar-refractivity contribution in [1.82, 2.24) is 10.6 Å². The molecule has 1 aromatic rings. The molecule has 2 amide bonds. The van der Waals surface area contributed by atoms with Gasteiger partial charge in [0.05, 0.1) is 12.7 Å². The van der Waals surface area contributed by atoms with Gasteiger partial charge in [-0.3, -0.25) is 9.59 Å². The molecule has 20 heavy (non-hydrogen) atoms. The van der Waals surface area contributed by atoms with Gasteiger partial charge in [-0.1, -0.05) is 0 Å². The van der Waals surface area contributed by atoms with Crippen LogP contribution in [0, 0.1) is 5.92 Å². The largest absolute Gasteiger partial charge is 0.497 e. The van der Waals surface area contributed by atoms with Gasteiger partial charge in [-0.05, 0) is 47.0 Å². The first-order chi connectivity index (χ1) is 9.61. The summed E-state index contributed by atoms with van der Waals surface area (Å²) in [7, 11) is 1.55. The Morgan fingerprint density at radius 3 is 2.65 bits per heavy atom. The zero-order valence-electron chi connectivity index (χ0n) is 11.2. The number of benzene rings is 1. The van der Waals surface area contributed by atoms with Gasteiger partial charge in [-0.15, -0.1) is 0 Å². The van der Waals surface area contributed by atoms with Crippen molar-refractivity contribution in [1.29, 1.82) is 0 Å². The lowest BCUT2D eigenvalue weighted by atomic mass is 10.2. The fraction of sp³-hybridized carbons (Fsp3) is 0.429. The molecular formula is C14H17BrN2O3. The minimum atomic E-state index is -0.198. The first-order valence-corrected chi connectivity index (χ1v) is 7.30. The first kappa shape index (κ1) is 14.8. The van der Waals surface area contributed by atoms with Crippen molar-refractivity contribution in [2.75, 3.05) is 20.2 Å². The molecule has 5 nitrogen and oxygen atoms in total. The molecule has 0 spiro atoms. The Bertz CT molecular complexity index is 515. The monoisotopic (exact) mass is 340 g/mol. The molecule has 0 bridgehead atoms. The van der Waals surface area contributed by atoms with Crippen LogP contribution in [-0.2, 0) is 4.79 Å². The molecule has 1 aliphatic rings. The smallest absolute Gasteiger partial charge is 0.252 e. The van der Waals surface area contributed by atoms with Gasteiger partial charge < -0.3 is 15.4 Å². The van der Waals surface area contributed by atoms with Gasteiger partial charge in [-0.25, -0.2) is 0 Å². The number of nitrogens with one attached hydrogen (secondary N) is 2. The third-order valence-electron chi connectivity index (χ3n) is 3.08. The maximum absolute atomic E-state index is 12.0. The van der Waals surface area contributed by atoms with E-state index in [1.807, 2.05) is 0 Å². The van der Waals surface area contributed by atoms with Crippen molar-refractivity contribution >= 4 is 27.7 Å². The molecule has 6 heteroatoms. The van der Waals surface area contributed by atoms with Crippen LogP contribution in [0.3, 0.4) is 0 Å². The summed E-state index contributed by atoms with van der Waals surface area (Å²) in [4.78, 5) is 23.4. The molecule has 1 aliphatic carbocycles. The average molecular weight is 341 g/mol. The zero-order chi connectivity index (χ0) is 14.5. The third kappa shape index (κ3) is 3.96. The summed E-state index contributed by atoms with van der Waals surface area (Å²) in [5.74, 6) is 0.705. The van der Waals surface area contributed by atoms with E-state index in [9.17, 15) is 9.59 Å². The number of amides is 2. The lowest BCUT2D eigenvalue weighted by molar-refractivity contribution is -0.122. The standard InChI is InChI=1S/C14H17BrN2O3/c1-20-10-4-5-12(15)11(8-10)14(19)17-7-6-16-13(18)9-2-3-9/h4-5,8-9H,2-3,6-7H2,1H3,(H,16,18)(H,17,19). The number of halogens is 1. The average Bonchev–Trinajstić information content (AvgIpc) is 3.28. The SMILES string of the molecule is COc1ccc(Br)c(C(=O)NCCNC(=O)C2CC2)c1. The molecule has 2 N–H and O–H groups in total. The summed E-state index contributed by atoms with van der Waals surface area (Å²) < 4.78 is 5.80. The van der Waals surface area contributed by atoms with Crippen molar-refractivity contribution < 1.29 is 14.3 Å². The molecule has 108 valence electrons. The number of hydrogen-bond donors (Lipinski definition) is 2. The predicted octanol–water partition coefficient (Wildman–Crippen LogP) is 1.71. The van der Waals surface area contributed by atoms with E-state index in [1.54, 1.807) is 25.3 Å². The second-order valence-corrected chi connectivity index (χ2v) is 5.52. The van der Waals surface area contributed by atoms with Gasteiger partial charge in [-0.2, -0.15) is 0 Å². The van der Waals surface area contributed by atoms with Gasteiger partial charge in [0.15, 0.2) is 0 Å². The van der Waals surface area contributed by atoms with Crippen molar-refractivity contribution in [2.24, 2.45) is 5.92 Å². The Labute approximate surface area is 126 Å². The molecule has 1 fully saturated rings. The van der Waals surface area contributed by atoms with Gasteiger partial charge >= 0.3 is 0 Å². The Morgan fingerprint density at radius 1 is 1.30 bits per heavy atom. The van der Waals surface area contributed by atoms with E-state index in [0.717, 1.165) is 12.8 Å². The molecule has 2 rings (SSSR count). The second kappa shape index (κ2) is 6.74. The highest BCUT2D eigenvalue weighted by atomic mass is 79.9. The van der Waals surface area contributed by atoms with Crippen molar-refractivity contribution in [3.05, 3.63) is 28.2 Å². The van der Waals surface area contributed by atoms with Crippen LogP contribution in [0.5, 0.6) is 5.75 Å². The van der Waals surface area contributed by atoms with Crippen LogP contribution in [0.2, 0.25) is 0 Å². The Morgan fingerprint density at radius 2 is 2.00 bits per heavy atom. The van der Waals surface area contributed by atoms with E-state index in [4.69, 9.17) is 4.74 Å². The van der Waals surface area contributed by atoms with Gasteiger partial charge in [0.1, 0.15) is 5.75 Å². The highest BCUT2D eigenvalue weighted by molar-refractivity contribution is 9.10. The fourth-order valence-electron chi connectivity index (χ4n) is 1.75. The fourth-order valence-corrected chi connectivity index (χ4v) is 2.18. The summed E-state index contributed by atoms with van der Waals surface area (Å²) in [6.45, 7) is 0.851. The topological polar surface area (TPSA) is 67.4 Å². The van der Waals surface area contributed by atoms with Crippen LogP contribution in [0.15, 0.2) is 22.7 Å². The second-order valence-electron chi connectivity index (χ2n) is 4.67. The van der Waals surface area contributed by atoms with E-state index < -0.39 is 0 Å². The van der Waals surface area contributed by atoms with E-state index in [0.29, 0.717) is 28.9 Å². The molecule has 0 unspecified atom stereocenters. The minimum absolute atomic E-state index is 0.0850. The molecule has 0 atom stereocenters. The Balaban J connectivity index is 1.80. The maximum atomic E-state index is 12.0. The predicted molar refractivity (Wildman–Crippen MR) is 78.8 cm³/mol. The minimum Gasteiger partial charge on any atom is -0.497 e. The summed E-state index contributed by atoms with van der Waals surface area (Å²) in [6.07, 6.45) is 1.96. The quantitative estimate of drug-likeness (QED) is 0.774. The highest BCUT2D eigenvalue weighted by Gasteiger charge is 2.29. The van der Waals surface area contributed by atoms with Crippen LogP contribution in [0.4, 0.5) is 0 Å². The van der Waals surface area contributed by atoms with Gasteiger partial charge in [0.2, 0.25) is 5.91 Å². The molecule has 0 aliphatic heterocycles. The van der Waals surface area contributed by atoms with E-state index in [1.165, 1.54) is 0 Å². The summed E-state index contributed by atoms with van der Waals surface area (Å²) in [6, 6.07) is 5.21. The molecule has 0 saturated heterocycles. The summed E-state index contributed by atoms with van der Waals surface area (Å²) in [5, 5.41) is 5.57. The number of methoxy groups -OCH3 is 1. The van der Waals surface area contributed by atoms with Crippen molar-refractivity contribution in [2.45, 2.75) is 12.8 Å². The number of carbonyl (C=O) groups is 2. The van der Waals surface area contributed by atoms with E-state index in [-0.39, 0.29) is 17.7 Å². The maximum Gasteiger partial charge on any atom is 0.252 e. The Kier molecular flexibility index (Phi) is 5.00. The van der Waals surface area contributed by atoms with Crippen LogP contribution >= 0.6 is 15.9 Å². The van der Waals surface area contributed by atoms with Gasteiger partial charge in [0, 0.05) is 23.5 Å². The lowest BCUT2D eigenvalue weighted by Crippen LogP contribution is -2.35. The molecule has 0 aromatic heterocycles. The molecule has 0 heterocycles. The molecule has 1 aromatic carbocycles. The normalized spacial score (nSPS) is 13.7. The first-order valence-electron chi connectivity index (χ1n) is 6.51. The van der Waals surface area contributed by atoms with Crippen LogP contribution in [0.25, 0.3) is 0 Å². The molecular weight excluding hydrogens is 324 g/mol. The third-order valence-corrected chi connectivity index (χ3v) is 3.77. The molecule has 1 saturated carbocycles. The zero-order valence-corrected chi connectivity index (χ0v) is 12.8. The van der Waals surface area contributed by atoms with Crippen LogP contribution < -0.4 is 15.4 Å². The Hall–Kier alpha value is -1.56. The number of rotatable bonds is 6.